The van der Waals surface area contributed by atoms with E-state index in [2.05, 4.69) is 5.32 Å². The summed E-state index contributed by atoms with van der Waals surface area (Å²) in [6.07, 6.45) is 1.79. The molecule has 104 valence electrons. The van der Waals surface area contributed by atoms with Gasteiger partial charge in [-0.1, -0.05) is 17.7 Å². The topological polar surface area (TPSA) is 50.7 Å². The Morgan fingerprint density at radius 1 is 1.47 bits per heavy atom. The van der Waals surface area contributed by atoms with E-state index >= 15 is 0 Å². The molecule has 0 spiro atoms. The molecule has 1 aromatic rings. The summed E-state index contributed by atoms with van der Waals surface area (Å²) in [4.78, 5) is 0. The van der Waals surface area contributed by atoms with Crippen LogP contribution in [0.15, 0.2) is 18.2 Å². The van der Waals surface area contributed by atoms with Gasteiger partial charge in [0, 0.05) is 12.8 Å². The summed E-state index contributed by atoms with van der Waals surface area (Å²) < 4.78 is 10.9. The van der Waals surface area contributed by atoms with E-state index in [4.69, 9.17) is 38.4 Å². The van der Waals surface area contributed by atoms with Gasteiger partial charge in [0.2, 0.25) is 0 Å². The second kappa shape index (κ2) is 7.05. The molecule has 0 saturated carbocycles. The minimum atomic E-state index is -0.0387. The van der Waals surface area contributed by atoms with Crippen LogP contribution in [0.5, 0.6) is 0 Å². The fourth-order valence-corrected chi connectivity index (χ4v) is 2.34. The second-order valence-electron chi connectivity index (χ2n) is 4.31. The summed E-state index contributed by atoms with van der Waals surface area (Å²) in [5, 5.41) is 12.8. The Labute approximate surface area is 122 Å². The Bertz CT molecular complexity index is 450. The summed E-state index contributed by atoms with van der Waals surface area (Å²) in [6.45, 7) is 1.38. The van der Waals surface area contributed by atoms with Crippen molar-refractivity contribution >= 4 is 34.7 Å². The average Bonchev–Trinajstić information content (AvgIpc) is 2.42. The van der Waals surface area contributed by atoms with E-state index in [0.29, 0.717) is 29.1 Å². The number of hydrogen-bond acceptors (Lipinski definition) is 4. The molecular weight excluding hydrogens is 286 g/mol. The summed E-state index contributed by atoms with van der Waals surface area (Å²) >= 11 is 11.2. The predicted octanol–water partition coefficient (Wildman–Crippen LogP) is 2.72. The van der Waals surface area contributed by atoms with Gasteiger partial charge in [-0.05, 0) is 29.9 Å². The van der Waals surface area contributed by atoms with Crippen molar-refractivity contribution in [3.63, 3.8) is 0 Å². The maximum Gasteiger partial charge on any atom is 0.261 e. The fourth-order valence-electron chi connectivity index (χ4n) is 1.84. The molecule has 0 atom stereocenters. The highest BCUT2D eigenvalue weighted by Crippen LogP contribution is 2.23. The molecule has 2 rings (SSSR count). The lowest BCUT2D eigenvalue weighted by Crippen LogP contribution is -2.28. The van der Waals surface area contributed by atoms with Gasteiger partial charge in [-0.25, -0.2) is 0 Å². The SMILES string of the molecule is OCc1ccc(NC(=S)OC2CCOCC2)c(Cl)c1. The molecule has 6 heteroatoms. The molecule has 1 saturated heterocycles. The van der Waals surface area contributed by atoms with E-state index in [1.54, 1.807) is 18.2 Å². The number of halogens is 1. The molecule has 4 nitrogen and oxygen atoms in total. The Kier molecular flexibility index (Phi) is 5.39. The lowest BCUT2D eigenvalue weighted by molar-refractivity contribution is 0.0218. The zero-order valence-electron chi connectivity index (χ0n) is 10.4. The molecule has 0 radical (unpaired) electrons. The van der Waals surface area contributed by atoms with Crippen molar-refractivity contribution in [3.8, 4) is 0 Å². The first-order chi connectivity index (χ1) is 9.19. The number of hydrogen-bond donors (Lipinski definition) is 2. The molecule has 2 N–H and O–H groups in total. The molecular formula is C13H16ClNO3S. The number of rotatable bonds is 3. The van der Waals surface area contributed by atoms with E-state index in [-0.39, 0.29) is 12.7 Å². The zero-order chi connectivity index (χ0) is 13.7. The number of thiocarbonyl (C=S) groups is 1. The van der Waals surface area contributed by atoms with Crippen LogP contribution in [0.2, 0.25) is 5.02 Å². The number of benzene rings is 1. The van der Waals surface area contributed by atoms with Crippen LogP contribution in [0.25, 0.3) is 0 Å². The number of aliphatic hydroxyl groups is 1. The molecule has 1 heterocycles. The van der Waals surface area contributed by atoms with Crippen LogP contribution in [0.1, 0.15) is 18.4 Å². The van der Waals surface area contributed by atoms with E-state index in [1.165, 1.54) is 0 Å². The van der Waals surface area contributed by atoms with Gasteiger partial charge < -0.3 is 19.9 Å². The number of aliphatic hydroxyl groups excluding tert-OH is 1. The van der Waals surface area contributed by atoms with Crippen molar-refractivity contribution in [2.75, 3.05) is 18.5 Å². The summed E-state index contributed by atoms with van der Waals surface area (Å²) in [7, 11) is 0. The van der Waals surface area contributed by atoms with Crippen molar-refractivity contribution in [3.05, 3.63) is 28.8 Å². The fraction of sp³-hybridized carbons (Fsp3) is 0.462. The Morgan fingerprint density at radius 2 is 2.21 bits per heavy atom. The Morgan fingerprint density at radius 3 is 2.84 bits per heavy atom. The molecule has 1 aliphatic heterocycles. The highest BCUT2D eigenvalue weighted by Gasteiger charge is 2.16. The van der Waals surface area contributed by atoms with Crippen LogP contribution >= 0.6 is 23.8 Å². The van der Waals surface area contributed by atoms with E-state index in [0.717, 1.165) is 18.4 Å². The largest absolute Gasteiger partial charge is 0.467 e. The Hall–Kier alpha value is -0.880. The molecule has 0 amide bonds. The quantitative estimate of drug-likeness (QED) is 0.841. The predicted molar refractivity (Wildman–Crippen MR) is 78.5 cm³/mol. The monoisotopic (exact) mass is 301 g/mol. The third-order valence-electron chi connectivity index (χ3n) is 2.89. The van der Waals surface area contributed by atoms with Gasteiger partial charge in [0.25, 0.3) is 5.17 Å². The minimum Gasteiger partial charge on any atom is -0.467 e. The number of anilines is 1. The van der Waals surface area contributed by atoms with Gasteiger partial charge >= 0.3 is 0 Å². The first-order valence-corrected chi connectivity index (χ1v) is 6.92. The van der Waals surface area contributed by atoms with Crippen molar-refractivity contribution in [2.24, 2.45) is 0 Å². The van der Waals surface area contributed by atoms with Crippen molar-refractivity contribution in [1.29, 1.82) is 0 Å². The van der Waals surface area contributed by atoms with E-state index in [9.17, 15) is 0 Å². The third-order valence-corrected chi connectivity index (χ3v) is 3.41. The summed E-state index contributed by atoms with van der Waals surface area (Å²) in [6, 6.07) is 5.25. The molecule has 1 aliphatic rings. The maximum atomic E-state index is 9.01. The molecule has 0 bridgehead atoms. The van der Waals surface area contributed by atoms with Crippen LogP contribution in [-0.2, 0) is 16.1 Å². The van der Waals surface area contributed by atoms with Gasteiger partial charge in [0.1, 0.15) is 6.10 Å². The van der Waals surface area contributed by atoms with Crippen molar-refractivity contribution in [2.45, 2.75) is 25.6 Å². The summed E-state index contributed by atoms with van der Waals surface area (Å²) in [5.74, 6) is 0. The van der Waals surface area contributed by atoms with Crippen LogP contribution in [0.4, 0.5) is 5.69 Å². The highest BCUT2D eigenvalue weighted by atomic mass is 35.5. The Balaban J connectivity index is 1.91. The summed E-state index contributed by atoms with van der Waals surface area (Å²) in [5.41, 5.74) is 1.43. The molecule has 19 heavy (non-hydrogen) atoms. The molecule has 0 unspecified atom stereocenters. The van der Waals surface area contributed by atoms with Gasteiger partial charge in [-0.3, -0.25) is 0 Å². The smallest absolute Gasteiger partial charge is 0.261 e. The van der Waals surface area contributed by atoms with Gasteiger partial charge in [0.15, 0.2) is 0 Å². The third kappa shape index (κ3) is 4.31. The van der Waals surface area contributed by atoms with Crippen LogP contribution < -0.4 is 5.32 Å². The van der Waals surface area contributed by atoms with Crippen LogP contribution in [0, 0.1) is 0 Å². The normalized spacial score (nSPS) is 16.1. The maximum absolute atomic E-state index is 9.01. The molecule has 1 aromatic carbocycles. The van der Waals surface area contributed by atoms with Crippen molar-refractivity contribution in [1.82, 2.24) is 0 Å². The minimum absolute atomic E-state index is 0.0387. The van der Waals surface area contributed by atoms with Crippen molar-refractivity contribution < 1.29 is 14.6 Å². The first-order valence-electron chi connectivity index (χ1n) is 6.13. The van der Waals surface area contributed by atoms with E-state index in [1.807, 2.05) is 0 Å². The molecule has 1 fully saturated rings. The van der Waals surface area contributed by atoms with Gasteiger partial charge in [0.05, 0.1) is 30.5 Å². The lowest BCUT2D eigenvalue weighted by Gasteiger charge is -2.23. The van der Waals surface area contributed by atoms with Gasteiger partial charge in [-0.15, -0.1) is 0 Å². The van der Waals surface area contributed by atoms with Gasteiger partial charge in [-0.2, -0.15) is 0 Å². The average molecular weight is 302 g/mol. The lowest BCUT2D eigenvalue weighted by atomic mass is 10.2. The second-order valence-corrected chi connectivity index (χ2v) is 5.09. The standard InChI is InChI=1S/C13H16ClNO3S/c14-11-7-9(8-16)1-2-12(11)15-13(19)18-10-3-5-17-6-4-10/h1-2,7,10,16H,3-6,8H2,(H,15,19). The number of ether oxygens (including phenoxy) is 2. The van der Waals surface area contributed by atoms with Crippen LogP contribution in [-0.4, -0.2) is 29.6 Å². The molecule has 0 aliphatic carbocycles. The van der Waals surface area contributed by atoms with Crippen LogP contribution in [0.3, 0.4) is 0 Å². The molecule has 0 aromatic heterocycles. The number of nitrogens with one attached hydrogen (secondary N) is 1. The highest BCUT2D eigenvalue weighted by molar-refractivity contribution is 7.80. The first kappa shape index (κ1) is 14.5. The van der Waals surface area contributed by atoms with E-state index < -0.39 is 0 Å². The zero-order valence-corrected chi connectivity index (χ0v) is 12.0.